The summed E-state index contributed by atoms with van der Waals surface area (Å²) in [4.78, 5) is 20.2. The highest BCUT2D eigenvalue weighted by Crippen LogP contribution is 2.36. The molecule has 7 nitrogen and oxygen atoms in total. The lowest BCUT2D eigenvalue weighted by atomic mass is 10.2. The van der Waals surface area contributed by atoms with E-state index < -0.39 is 10.0 Å². The summed E-state index contributed by atoms with van der Waals surface area (Å²) in [6.45, 7) is 10.9. The largest absolute Gasteiger partial charge is 0.467 e. The Morgan fingerprint density at radius 2 is 1.68 bits per heavy atom. The number of fused-ring (bicyclic) bond motifs is 1. The van der Waals surface area contributed by atoms with Gasteiger partial charge in [-0.15, -0.1) is 0 Å². The van der Waals surface area contributed by atoms with Crippen molar-refractivity contribution < 1.29 is 17.6 Å². The highest BCUT2D eigenvalue weighted by molar-refractivity contribution is 7.89. The Labute approximate surface area is 233 Å². The molecule has 2 heterocycles. The number of rotatable bonds is 10. The first-order valence-corrected chi connectivity index (χ1v) is 15.1. The monoisotopic (exact) mass is 573 g/mol. The minimum Gasteiger partial charge on any atom is -0.467 e. The number of halogens is 1. The van der Waals surface area contributed by atoms with Crippen LogP contribution in [0.3, 0.4) is 0 Å². The number of nitrogens with zero attached hydrogens (tertiary/aromatic N) is 3. The van der Waals surface area contributed by atoms with Crippen molar-refractivity contribution in [3.8, 4) is 0 Å². The molecule has 0 atom stereocenters. The Balaban J connectivity index is 1.68. The van der Waals surface area contributed by atoms with Crippen molar-refractivity contribution in [1.29, 1.82) is 0 Å². The fourth-order valence-electron chi connectivity index (χ4n) is 4.15. The summed E-state index contributed by atoms with van der Waals surface area (Å²) >= 11 is 7.75. The Morgan fingerprint density at radius 3 is 2.24 bits per heavy atom. The molecule has 0 saturated heterocycles. The molecule has 4 aromatic rings. The standard InChI is InChI=1S/C28H32ClN3O4S2/c1-18(2)15-31(16-19(3)4)38(34,35)23-11-9-21(10-12-23)27(33)32(17-22-7-6-14-36-22)28-30-25-20(5)8-13-24(29)26(25)37-28/h6-14,18-19H,15-17H2,1-5H3. The van der Waals surface area contributed by atoms with Crippen LogP contribution in [-0.2, 0) is 16.6 Å². The quantitative estimate of drug-likeness (QED) is 0.204. The average molecular weight is 574 g/mol. The van der Waals surface area contributed by atoms with E-state index in [1.54, 1.807) is 30.5 Å². The highest BCUT2D eigenvalue weighted by atomic mass is 35.5. The molecule has 0 N–H and O–H groups in total. The summed E-state index contributed by atoms with van der Waals surface area (Å²) in [6.07, 6.45) is 1.55. The lowest BCUT2D eigenvalue weighted by molar-refractivity contribution is 0.0983. The lowest BCUT2D eigenvalue weighted by Crippen LogP contribution is -2.37. The number of anilines is 1. The molecule has 0 unspecified atom stereocenters. The van der Waals surface area contributed by atoms with Crippen molar-refractivity contribution in [2.45, 2.75) is 46.1 Å². The van der Waals surface area contributed by atoms with Gasteiger partial charge in [-0.2, -0.15) is 4.31 Å². The molecular formula is C28H32ClN3O4S2. The minimum absolute atomic E-state index is 0.162. The van der Waals surface area contributed by atoms with Crippen LogP contribution in [0.25, 0.3) is 10.2 Å². The van der Waals surface area contributed by atoms with Gasteiger partial charge in [0, 0.05) is 18.7 Å². The molecule has 0 aliphatic carbocycles. The number of carbonyl (C=O) groups excluding carboxylic acids is 1. The molecule has 2 aromatic carbocycles. The highest BCUT2D eigenvalue weighted by Gasteiger charge is 2.28. The van der Waals surface area contributed by atoms with E-state index in [1.165, 1.54) is 32.7 Å². The molecule has 0 spiro atoms. The number of furan rings is 1. The molecular weight excluding hydrogens is 542 g/mol. The van der Waals surface area contributed by atoms with Gasteiger partial charge in [0.25, 0.3) is 5.91 Å². The van der Waals surface area contributed by atoms with E-state index in [1.807, 2.05) is 46.8 Å². The van der Waals surface area contributed by atoms with Crippen LogP contribution in [0.2, 0.25) is 5.02 Å². The smallest absolute Gasteiger partial charge is 0.260 e. The molecule has 1 amide bonds. The molecule has 0 fully saturated rings. The average Bonchev–Trinajstić information content (AvgIpc) is 3.54. The van der Waals surface area contributed by atoms with Crippen LogP contribution >= 0.6 is 22.9 Å². The summed E-state index contributed by atoms with van der Waals surface area (Å²) in [7, 11) is -3.71. The summed E-state index contributed by atoms with van der Waals surface area (Å²) in [6, 6.07) is 13.4. The van der Waals surface area contributed by atoms with Crippen molar-refractivity contribution in [3.63, 3.8) is 0 Å². The fraction of sp³-hybridized carbons (Fsp3) is 0.357. The second kappa shape index (κ2) is 11.6. The van der Waals surface area contributed by atoms with Crippen molar-refractivity contribution >= 4 is 54.2 Å². The summed E-state index contributed by atoms with van der Waals surface area (Å²) in [5.41, 5.74) is 2.04. The summed E-state index contributed by atoms with van der Waals surface area (Å²) in [5, 5.41) is 1.05. The first-order chi connectivity index (χ1) is 18.0. The number of hydrogen-bond acceptors (Lipinski definition) is 6. The van der Waals surface area contributed by atoms with Crippen LogP contribution in [0.15, 0.2) is 64.1 Å². The van der Waals surface area contributed by atoms with Crippen LogP contribution in [0.4, 0.5) is 5.13 Å². The second-order valence-electron chi connectivity index (χ2n) is 10.1. The number of aryl methyl sites for hydroxylation is 1. The van der Waals surface area contributed by atoms with Crippen LogP contribution < -0.4 is 4.90 Å². The van der Waals surface area contributed by atoms with Crippen molar-refractivity contribution in [2.75, 3.05) is 18.0 Å². The Bertz CT molecular complexity index is 1460. The zero-order valence-corrected chi connectivity index (χ0v) is 24.5. The first-order valence-electron chi connectivity index (χ1n) is 12.5. The Hall–Kier alpha value is -2.72. The van der Waals surface area contributed by atoms with Crippen molar-refractivity contribution in [3.05, 3.63) is 76.7 Å². The van der Waals surface area contributed by atoms with Gasteiger partial charge >= 0.3 is 0 Å². The van der Waals surface area contributed by atoms with Gasteiger partial charge in [0.05, 0.1) is 32.9 Å². The molecule has 2 aromatic heterocycles. The fourth-order valence-corrected chi connectivity index (χ4v) is 7.23. The molecule has 10 heteroatoms. The maximum absolute atomic E-state index is 13.8. The van der Waals surface area contributed by atoms with Crippen LogP contribution in [0, 0.1) is 18.8 Å². The number of aromatic nitrogens is 1. The van der Waals surface area contributed by atoms with Crippen LogP contribution in [0.5, 0.6) is 0 Å². The van der Waals surface area contributed by atoms with Gasteiger partial charge in [0.2, 0.25) is 10.0 Å². The van der Waals surface area contributed by atoms with Gasteiger partial charge in [0.1, 0.15) is 5.76 Å². The molecule has 0 saturated carbocycles. The van der Waals surface area contributed by atoms with Gasteiger partial charge in [-0.25, -0.2) is 13.4 Å². The Kier molecular flexibility index (Phi) is 8.62. The van der Waals surface area contributed by atoms with Gasteiger partial charge in [-0.05, 0) is 66.8 Å². The van der Waals surface area contributed by atoms with Crippen LogP contribution in [0.1, 0.15) is 49.4 Å². The number of thiazole rings is 1. The van der Waals surface area contributed by atoms with Gasteiger partial charge in [0.15, 0.2) is 5.13 Å². The predicted molar refractivity (Wildman–Crippen MR) is 153 cm³/mol. The lowest BCUT2D eigenvalue weighted by Gasteiger charge is -2.25. The number of hydrogen-bond donors (Lipinski definition) is 0. The zero-order chi connectivity index (χ0) is 27.6. The van der Waals surface area contributed by atoms with E-state index >= 15 is 0 Å². The normalized spacial score (nSPS) is 12.2. The topological polar surface area (TPSA) is 83.7 Å². The van der Waals surface area contributed by atoms with E-state index in [-0.39, 0.29) is 29.2 Å². The molecule has 0 aliphatic heterocycles. The molecule has 0 radical (unpaired) electrons. The Morgan fingerprint density at radius 1 is 1.03 bits per heavy atom. The number of benzene rings is 2. The predicted octanol–water partition coefficient (Wildman–Crippen LogP) is 7.00. The molecule has 0 bridgehead atoms. The number of sulfonamides is 1. The van der Waals surface area contributed by atoms with Gasteiger partial charge < -0.3 is 4.42 Å². The van der Waals surface area contributed by atoms with E-state index in [2.05, 4.69) is 0 Å². The maximum Gasteiger partial charge on any atom is 0.260 e. The molecule has 202 valence electrons. The first kappa shape index (κ1) is 28.3. The SMILES string of the molecule is Cc1ccc(Cl)c2sc(N(Cc3ccco3)C(=O)c3ccc(S(=O)(=O)N(CC(C)C)CC(C)C)cc3)nc12. The van der Waals surface area contributed by atoms with E-state index in [4.69, 9.17) is 21.0 Å². The van der Waals surface area contributed by atoms with E-state index in [0.29, 0.717) is 34.6 Å². The molecule has 4 rings (SSSR count). The van der Waals surface area contributed by atoms with Crippen molar-refractivity contribution in [2.24, 2.45) is 11.8 Å². The third kappa shape index (κ3) is 6.12. The third-order valence-electron chi connectivity index (χ3n) is 5.93. The number of carbonyl (C=O) groups is 1. The maximum atomic E-state index is 13.8. The van der Waals surface area contributed by atoms with Gasteiger partial charge in [-0.3, -0.25) is 9.69 Å². The zero-order valence-electron chi connectivity index (χ0n) is 22.1. The molecule has 38 heavy (non-hydrogen) atoms. The summed E-state index contributed by atoms with van der Waals surface area (Å²) < 4.78 is 34.7. The number of amides is 1. The van der Waals surface area contributed by atoms with E-state index in [9.17, 15) is 13.2 Å². The van der Waals surface area contributed by atoms with Gasteiger partial charge in [-0.1, -0.05) is 56.7 Å². The molecule has 0 aliphatic rings. The van der Waals surface area contributed by atoms with E-state index in [0.717, 1.165) is 15.8 Å². The van der Waals surface area contributed by atoms with Crippen molar-refractivity contribution in [1.82, 2.24) is 9.29 Å². The second-order valence-corrected chi connectivity index (χ2v) is 13.5. The summed E-state index contributed by atoms with van der Waals surface area (Å²) in [5.74, 6) is 0.646. The minimum atomic E-state index is -3.71. The van der Waals surface area contributed by atoms with Crippen LogP contribution in [-0.4, -0.2) is 36.7 Å². The third-order valence-corrected chi connectivity index (χ3v) is 9.32.